The molecule has 110 valence electrons. The molecule has 0 saturated heterocycles. The Balaban J connectivity index is 2.83. The molecule has 1 rings (SSSR count). The van der Waals surface area contributed by atoms with Gasteiger partial charge in [0.15, 0.2) is 0 Å². The number of hydrogen-bond donors (Lipinski definition) is 3. The van der Waals surface area contributed by atoms with Gasteiger partial charge in [0.05, 0.1) is 0 Å². The van der Waals surface area contributed by atoms with E-state index in [0.29, 0.717) is 31.5 Å². The number of carbonyl (C=O) groups is 2. The summed E-state index contributed by atoms with van der Waals surface area (Å²) in [4.78, 5) is 23.2. The second kappa shape index (κ2) is 8.32. The summed E-state index contributed by atoms with van der Waals surface area (Å²) in [5.74, 6) is -0.0984. The molecule has 0 heterocycles. The Labute approximate surface area is 119 Å². The van der Waals surface area contributed by atoms with Crippen molar-refractivity contribution in [3.63, 3.8) is 0 Å². The first-order valence-electron chi connectivity index (χ1n) is 7.03. The van der Waals surface area contributed by atoms with Crippen molar-refractivity contribution in [2.75, 3.05) is 17.2 Å². The normalized spacial score (nSPS) is 10.2. The molecule has 0 unspecified atom stereocenters. The van der Waals surface area contributed by atoms with E-state index in [0.717, 1.165) is 17.7 Å². The molecule has 0 radical (unpaired) electrons. The van der Waals surface area contributed by atoms with Crippen LogP contribution in [0, 0.1) is 0 Å². The van der Waals surface area contributed by atoms with Crippen LogP contribution < -0.4 is 16.4 Å². The Hall–Kier alpha value is -1.88. The zero-order chi connectivity index (χ0) is 15.0. The minimum Gasteiger partial charge on any atom is -0.330 e. The average Bonchev–Trinajstić information content (AvgIpc) is 2.45. The first-order valence-corrected chi connectivity index (χ1v) is 7.03. The van der Waals surface area contributed by atoms with Crippen LogP contribution in [0.4, 0.5) is 11.4 Å². The van der Waals surface area contributed by atoms with Crippen LogP contribution in [0.1, 0.15) is 38.7 Å². The van der Waals surface area contributed by atoms with Crippen LogP contribution in [-0.2, 0) is 16.0 Å². The SMILES string of the molecule is CCC(=O)Nc1ccc(CC)c(NC(=O)CCCN)c1. The van der Waals surface area contributed by atoms with Crippen molar-refractivity contribution in [3.05, 3.63) is 23.8 Å². The monoisotopic (exact) mass is 277 g/mol. The maximum Gasteiger partial charge on any atom is 0.224 e. The van der Waals surface area contributed by atoms with Crippen molar-refractivity contribution in [1.82, 2.24) is 0 Å². The third kappa shape index (κ3) is 5.01. The van der Waals surface area contributed by atoms with Crippen LogP contribution >= 0.6 is 0 Å². The number of anilines is 2. The van der Waals surface area contributed by atoms with E-state index in [4.69, 9.17) is 5.73 Å². The third-order valence-corrected chi connectivity index (χ3v) is 2.98. The summed E-state index contributed by atoms with van der Waals surface area (Å²) < 4.78 is 0. The molecule has 0 aliphatic rings. The van der Waals surface area contributed by atoms with Crippen LogP contribution in [0.2, 0.25) is 0 Å². The Morgan fingerprint density at radius 3 is 2.50 bits per heavy atom. The summed E-state index contributed by atoms with van der Waals surface area (Å²) in [7, 11) is 0. The molecule has 0 bridgehead atoms. The van der Waals surface area contributed by atoms with Crippen LogP contribution in [0.25, 0.3) is 0 Å². The van der Waals surface area contributed by atoms with Gasteiger partial charge in [0.2, 0.25) is 11.8 Å². The second-order valence-corrected chi connectivity index (χ2v) is 4.57. The number of aryl methyl sites for hydroxylation is 1. The van der Waals surface area contributed by atoms with Crippen LogP contribution in [0.3, 0.4) is 0 Å². The number of amides is 2. The first kappa shape index (κ1) is 16.2. The Morgan fingerprint density at radius 2 is 1.90 bits per heavy atom. The molecule has 0 atom stereocenters. The largest absolute Gasteiger partial charge is 0.330 e. The molecule has 0 fully saturated rings. The zero-order valence-electron chi connectivity index (χ0n) is 12.2. The molecule has 0 aromatic heterocycles. The highest BCUT2D eigenvalue weighted by molar-refractivity contribution is 5.94. The van der Waals surface area contributed by atoms with Gasteiger partial charge in [-0.15, -0.1) is 0 Å². The van der Waals surface area contributed by atoms with E-state index in [1.807, 2.05) is 19.1 Å². The van der Waals surface area contributed by atoms with Gasteiger partial charge in [-0.3, -0.25) is 9.59 Å². The van der Waals surface area contributed by atoms with E-state index in [9.17, 15) is 9.59 Å². The van der Waals surface area contributed by atoms with Gasteiger partial charge in [-0.2, -0.15) is 0 Å². The molecular weight excluding hydrogens is 254 g/mol. The minimum absolute atomic E-state index is 0.0466. The Morgan fingerprint density at radius 1 is 1.15 bits per heavy atom. The number of carbonyl (C=O) groups excluding carboxylic acids is 2. The quantitative estimate of drug-likeness (QED) is 0.715. The molecular formula is C15H23N3O2. The highest BCUT2D eigenvalue weighted by atomic mass is 16.2. The molecule has 2 amide bonds. The molecule has 20 heavy (non-hydrogen) atoms. The number of benzene rings is 1. The summed E-state index contributed by atoms with van der Waals surface area (Å²) in [6.07, 6.45) is 2.31. The molecule has 0 aliphatic carbocycles. The lowest BCUT2D eigenvalue weighted by molar-refractivity contribution is -0.116. The van der Waals surface area contributed by atoms with Gasteiger partial charge in [-0.25, -0.2) is 0 Å². The lowest BCUT2D eigenvalue weighted by atomic mass is 10.1. The van der Waals surface area contributed by atoms with E-state index in [-0.39, 0.29) is 11.8 Å². The molecule has 5 heteroatoms. The van der Waals surface area contributed by atoms with Gasteiger partial charge in [0, 0.05) is 24.2 Å². The average molecular weight is 277 g/mol. The Kier molecular flexibility index (Phi) is 6.73. The lowest BCUT2D eigenvalue weighted by Gasteiger charge is -2.12. The van der Waals surface area contributed by atoms with Gasteiger partial charge >= 0.3 is 0 Å². The summed E-state index contributed by atoms with van der Waals surface area (Å²) in [6.45, 7) is 4.32. The van der Waals surface area contributed by atoms with Crippen molar-refractivity contribution in [3.8, 4) is 0 Å². The van der Waals surface area contributed by atoms with E-state index in [1.165, 1.54) is 0 Å². The summed E-state index contributed by atoms with van der Waals surface area (Å²) in [5, 5.41) is 5.67. The van der Waals surface area contributed by atoms with Crippen LogP contribution in [-0.4, -0.2) is 18.4 Å². The van der Waals surface area contributed by atoms with E-state index < -0.39 is 0 Å². The smallest absolute Gasteiger partial charge is 0.224 e. The van der Waals surface area contributed by atoms with Gasteiger partial charge < -0.3 is 16.4 Å². The van der Waals surface area contributed by atoms with E-state index >= 15 is 0 Å². The number of nitrogens with one attached hydrogen (secondary N) is 2. The number of nitrogens with two attached hydrogens (primary N) is 1. The summed E-state index contributed by atoms with van der Waals surface area (Å²) in [6, 6.07) is 5.57. The van der Waals surface area contributed by atoms with E-state index in [1.54, 1.807) is 13.0 Å². The zero-order valence-corrected chi connectivity index (χ0v) is 12.2. The van der Waals surface area contributed by atoms with Gasteiger partial charge in [0.1, 0.15) is 0 Å². The fourth-order valence-electron chi connectivity index (χ4n) is 1.80. The summed E-state index contributed by atoms with van der Waals surface area (Å²) >= 11 is 0. The molecule has 5 nitrogen and oxygen atoms in total. The fraction of sp³-hybridized carbons (Fsp3) is 0.467. The molecule has 0 aliphatic heterocycles. The molecule has 1 aromatic carbocycles. The van der Waals surface area contributed by atoms with Crippen molar-refractivity contribution in [2.24, 2.45) is 5.73 Å². The Bertz CT molecular complexity index is 472. The van der Waals surface area contributed by atoms with Gasteiger partial charge in [0.25, 0.3) is 0 Å². The molecule has 1 aromatic rings. The van der Waals surface area contributed by atoms with E-state index in [2.05, 4.69) is 10.6 Å². The topological polar surface area (TPSA) is 84.2 Å². The van der Waals surface area contributed by atoms with Gasteiger partial charge in [-0.1, -0.05) is 19.9 Å². The maximum atomic E-state index is 11.8. The highest BCUT2D eigenvalue weighted by Gasteiger charge is 2.08. The number of hydrogen-bond acceptors (Lipinski definition) is 3. The number of rotatable bonds is 7. The highest BCUT2D eigenvalue weighted by Crippen LogP contribution is 2.22. The second-order valence-electron chi connectivity index (χ2n) is 4.57. The molecule has 0 saturated carbocycles. The van der Waals surface area contributed by atoms with Crippen molar-refractivity contribution in [2.45, 2.75) is 39.5 Å². The van der Waals surface area contributed by atoms with Crippen molar-refractivity contribution in [1.29, 1.82) is 0 Å². The lowest BCUT2D eigenvalue weighted by Crippen LogP contribution is -2.15. The molecule has 0 spiro atoms. The molecule has 4 N–H and O–H groups in total. The van der Waals surface area contributed by atoms with Gasteiger partial charge in [-0.05, 0) is 37.1 Å². The standard InChI is InChI=1S/C15H23N3O2/c1-3-11-7-8-12(17-14(19)4-2)10-13(11)18-15(20)6-5-9-16/h7-8,10H,3-6,9,16H2,1-2H3,(H,17,19)(H,18,20). The minimum atomic E-state index is -0.0517. The first-order chi connectivity index (χ1) is 9.60. The fourth-order valence-corrected chi connectivity index (χ4v) is 1.80. The van der Waals surface area contributed by atoms with Crippen LogP contribution in [0.15, 0.2) is 18.2 Å². The summed E-state index contributed by atoms with van der Waals surface area (Å²) in [5.41, 5.74) is 7.89. The predicted molar refractivity (Wildman–Crippen MR) is 81.7 cm³/mol. The van der Waals surface area contributed by atoms with Crippen molar-refractivity contribution < 1.29 is 9.59 Å². The predicted octanol–water partition coefficient (Wildman–Crippen LogP) is 2.27. The van der Waals surface area contributed by atoms with Crippen molar-refractivity contribution >= 4 is 23.2 Å². The van der Waals surface area contributed by atoms with Crippen LogP contribution in [0.5, 0.6) is 0 Å². The maximum absolute atomic E-state index is 11.8. The third-order valence-electron chi connectivity index (χ3n) is 2.98.